The summed E-state index contributed by atoms with van der Waals surface area (Å²) in [7, 11) is 0. The summed E-state index contributed by atoms with van der Waals surface area (Å²) in [4.78, 5) is 4.54. The van der Waals surface area contributed by atoms with Crippen LogP contribution in [0.5, 0.6) is 5.75 Å². The Hall–Kier alpha value is -1.31. The number of nitrogens with zero attached hydrogens (tertiary/aromatic N) is 1. The van der Waals surface area contributed by atoms with E-state index in [0.717, 1.165) is 11.4 Å². The quantitative estimate of drug-likeness (QED) is 0.733. The van der Waals surface area contributed by atoms with Crippen LogP contribution in [0.3, 0.4) is 0 Å². The van der Waals surface area contributed by atoms with Crippen LogP contribution >= 0.6 is 0 Å². The molecule has 1 aromatic rings. The van der Waals surface area contributed by atoms with Crippen molar-refractivity contribution in [3.05, 3.63) is 23.3 Å². The summed E-state index contributed by atoms with van der Waals surface area (Å²) in [6, 6.07) is 4.36. The predicted octanol–water partition coefficient (Wildman–Crippen LogP) is 4.81. The molecule has 0 amide bonds. The standard InChI is InChI=1S/C16H23NO/c1-10(2)12-7-14-15(8-13(12)11(3)4)18-16(5,6)9-17-14/h7-11H,1-6H3. The van der Waals surface area contributed by atoms with Crippen LogP contribution in [0.1, 0.15) is 64.5 Å². The molecule has 0 atom stereocenters. The number of rotatable bonds is 2. The highest BCUT2D eigenvalue weighted by atomic mass is 16.5. The Balaban J connectivity index is 2.55. The molecule has 0 radical (unpaired) electrons. The van der Waals surface area contributed by atoms with Gasteiger partial charge in [-0.1, -0.05) is 27.7 Å². The number of hydrogen-bond acceptors (Lipinski definition) is 2. The van der Waals surface area contributed by atoms with Crippen molar-refractivity contribution in [1.29, 1.82) is 0 Å². The molecule has 1 heterocycles. The Labute approximate surface area is 110 Å². The van der Waals surface area contributed by atoms with Crippen LogP contribution in [0, 0.1) is 0 Å². The molecule has 0 saturated carbocycles. The van der Waals surface area contributed by atoms with Gasteiger partial charge in [-0.3, -0.25) is 4.99 Å². The minimum atomic E-state index is -0.305. The van der Waals surface area contributed by atoms with Gasteiger partial charge in [0.25, 0.3) is 0 Å². The third-order valence-electron chi connectivity index (χ3n) is 3.30. The second-order valence-corrected chi connectivity index (χ2v) is 6.22. The van der Waals surface area contributed by atoms with E-state index in [2.05, 4.69) is 44.8 Å². The molecule has 1 aliphatic rings. The summed E-state index contributed by atoms with van der Waals surface area (Å²) >= 11 is 0. The molecule has 18 heavy (non-hydrogen) atoms. The maximum Gasteiger partial charge on any atom is 0.146 e. The first-order valence-corrected chi connectivity index (χ1v) is 6.72. The Kier molecular flexibility index (Phi) is 3.22. The van der Waals surface area contributed by atoms with Gasteiger partial charge in [-0.15, -0.1) is 0 Å². The molecule has 2 heteroatoms. The van der Waals surface area contributed by atoms with Gasteiger partial charge in [0.1, 0.15) is 17.0 Å². The van der Waals surface area contributed by atoms with Gasteiger partial charge in [0.15, 0.2) is 0 Å². The molecular weight excluding hydrogens is 222 g/mol. The SMILES string of the molecule is CC(C)c1cc2c(cc1C(C)C)OC(C)(C)C=N2. The first-order chi connectivity index (χ1) is 8.30. The highest BCUT2D eigenvalue weighted by molar-refractivity contribution is 5.77. The van der Waals surface area contributed by atoms with Gasteiger partial charge in [0, 0.05) is 6.21 Å². The summed E-state index contributed by atoms with van der Waals surface area (Å²) in [5, 5.41) is 0. The second kappa shape index (κ2) is 4.42. The molecule has 0 bridgehead atoms. The van der Waals surface area contributed by atoms with Crippen LogP contribution in [-0.2, 0) is 0 Å². The zero-order valence-corrected chi connectivity index (χ0v) is 12.2. The summed E-state index contributed by atoms with van der Waals surface area (Å²) < 4.78 is 6.00. The normalized spacial score (nSPS) is 16.9. The van der Waals surface area contributed by atoms with E-state index in [-0.39, 0.29) is 5.60 Å². The molecule has 0 aliphatic carbocycles. The first-order valence-electron chi connectivity index (χ1n) is 6.72. The van der Waals surface area contributed by atoms with Crippen molar-refractivity contribution in [2.45, 2.75) is 59.0 Å². The second-order valence-electron chi connectivity index (χ2n) is 6.22. The lowest BCUT2D eigenvalue weighted by molar-refractivity contribution is 0.184. The Bertz CT molecular complexity index is 484. The molecule has 0 fully saturated rings. The topological polar surface area (TPSA) is 21.6 Å². The van der Waals surface area contributed by atoms with Gasteiger partial charge in [0.2, 0.25) is 0 Å². The zero-order chi connectivity index (χ0) is 13.5. The number of fused-ring (bicyclic) bond motifs is 1. The fourth-order valence-electron chi connectivity index (χ4n) is 2.32. The zero-order valence-electron chi connectivity index (χ0n) is 12.2. The lowest BCUT2D eigenvalue weighted by atomic mass is 9.89. The third kappa shape index (κ3) is 2.43. The number of ether oxygens (including phenoxy) is 1. The Morgan fingerprint density at radius 2 is 1.56 bits per heavy atom. The van der Waals surface area contributed by atoms with Gasteiger partial charge in [-0.2, -0.15) is 0 Å². The largest absolute Gasteiger partial charge is 0.480 e. The maximum atomic E-state index is 6.00. The van der Waals surface area contributed by atoms with E-state index in [0.29, 0.717) is 11.8 Å². The van der Waals surface area contributed by atoms with E-state index in [1.54, 1.807) is 0 Å². The van der Waals surface area contributed by atoms with Crippen molar-refractivity contribution in [3.63, 3.8) is 0 Å². The monoisotopic (exact) mass is 245 g/mol. The molecule has 98 valence electrons. The molecule has 0 saturated heterocycles. The minimum Gasteiger partial charge on any atom is -0.480 e. The van der Waals surface area contributed by atoms with E-state index in [4.69, 9.17) is 4.74 Å². The summed E-state index contributed by atoms with van der Waals surface area (Å²) in [5.74, 6) is 1.93. The molecule has 0 N–H and O–H groups in total. The van der Waals surface area contributed by atoms with Crippen molar-refractivity contribution in [3.8, 4) is 5.75 Å². The van der Waals surface area contributed by atoms with Gasteiger partial charge >= 0.3 is 0 Å². The van der Waals surface area contributed by atoms with E-state index in [1.165, 1.54) is 11.1 Å². The minimum absolute atomic E-state index is 0.305. The van der Waals surface area contributed by atoms with Crippen molar-refractivity contribution >= 4 is 11.9 Å². The average Bonchev–Trinajstić information content (AvgIpc) is 2.25. The fraction of sp³-hybridized carbons (Fsp3) is 0.562. The molecule has 1 aromatic carbocycles. The molecule has 2 nitrogen and oxygen atoms in total. The highest BCUT2D eigenvalue weighted by Gasteiger charge is 2.25. The van der Waals surface area contributed by atoms with Crippen molar-refractivity contribution in [2.24, 2.45) is 4.99 Å². The lowest BCUT2D eigenvalue weighted by Crippen LogP contribution is -2.31. The molecule has 2 rings (SSSR count). The summed E-state index contributed by atoms with van der Waals surface area (Å²) in [6.45, 7) is 13.0. The number of aliphatic imine (C=N–C) groups is 1. The van der Waals surface area contributed by atoms with E-state index < -0.39 is 0 Å². The average molecular weight is 245 g/mol. The van der Waals surface area contributed by atoms with Crippen molar-refractivity contribution in [2.75, 3.05) is 0 Å². The van der Waals surface area contributed by atoms with E-state index >= 15 is 0 Å². The maximum absolute atomic E-state index is 6.00. The van der Waals surface area contributed by atoms with E-state index in [1.807, 2.05) is 20.1 Å². The van der Waals surface area contributed by atoms with E-state index in [9.17, 15) is 0 Å². The molecule has 0 spiro atoms. The molecule has 1 aliphatic heterocycles. The van der Waals surface area contributed by atoms with Crippen LogP contribution in [0.4, 0.5) is 5.69 Å². The van der Waals surface area contributed by atoms with Gasteiger partial charge in [-0.25, -0.2) is 0 Å². The molecular formula is C16H23NO. The fourth-order valence-corrected chi connectivity index (χ4v) is 2.32. The van der Waals surface area contributed by atoms with Crippen LogP contribution in [0.2, 0.25) is 0 Å². The van der Waals surface area contributed by atoms with Crippen molar-refractivity contribution < 1.29 is 4.74 Å². The third-order valence-corrected chi connectivity index (χ3v) is 3.30. The lowest BCUT2D eigenvalue weighted by Gasteiger charge is -2.29. The Morgan fingerprint density at radius 3 is 2.11 bits per heavy atom. The molecule has 0 unspecified atom stereocenters. The summed E-state index contributed by atoms with van der Waals surface area (Å²) in [5.41, 5.74) is 3.41. The predicted molar refractivity (Wildman–Crippen MR) is 77.5 cm³/mol. The number of benzene rings is 1. The number of hydrogen-bond donors (Lipinski definition) is 0. The summed E-state index contributed by atoms with van der Waals surface area (Å²) in [6.07, 6.45) is 1.88. The van der Waals surface area contributed by atoms with Crippen LogP contribution in [0.25, 0.3) is 0 Å². The van der Waals surface area contributed by atoms with Crippen LogP contribution in [0.15, 0.2) is 17.1 Å². The first kappa shape index (κ1) is 13.1. The van der Waals surface area contributed by atoms with Crippen LogP contribution in [-0.4, -0.2) is 11.8 Å². The smallest absolute Gasteiger partial charge is 0.146 e. The highest BCUT2D eigenvalue weighted by Crippen LogP contribution is 2.40. The Morgan fingerprint density at radius 1 is 1.00 bits per heavy atom. The van der Waals surface area contributed by atoms with Crippen molar-refractivity contribution in [1.82, 2.24) is 0 Å². The molecule has 0 aromatic heterocycles. The van der Waals surface area contributed by atoms with Crippen LogP contribution < -0.4 is 4.74 Å². The van der Waals surface area contributed by atoms with Gasteiger partial charge < -0.3 is 4.74 Å². The van der Waals surface area contributed by atoms with Gasteiger partial charge in [-0.05, 0) is 48.9 Å². The van der Waals surface area contributed by atoms with Gasteiger partial charge in [0.05, 0.1) is 0 Å².